The lowest BCUT2D eigenvalue weighted by Crippen LogP contribution is -2.05. The minimum absolute atomic E-state index is 0.0767. The Morgan fingerprint density at radius 1 is 1.58 bits per heavy atom. The summed E-state index contributed by atoms with van der Waals surface area (Å²) < 4.78 is 3.01. The predicted molar refractivity (Wildman–Crippen MR) is 68.1 cm³/mol. The third-order valence-electron chi connectivity index (χ3n) is 2.47. The van der Waals surface area contributed by atoms with Crippen LogP contribution in [0.3, 0.4) is 0 Å². The van der Waals surface area contributed by atoms with Gasteiger partial charge in [-0.3, -0.25) is 4.68 Å². The highest BCUT2D eigenvalue weighted by Gasteiger charge is 2.23. The van der Waals surface area contributed by atoms with Crippen molar-refractivity contribution in [2.75, 3.05) is 5.32 Å². The summed E-state index contributed by atoms with van der Waals surface area (Å²) in [6, 6.07) is 0. The van der Waals surface area contributed by atoms with Crippen LogP contribution in [0.5, 0.6) is 0 Å². The van der Waals surface area contributed by atoms with E-state index in [0.29, 0.717) is 10.8 Å². The monoisotopic (exact) mass is 279 g/mol. The topological polar surface area (TPSA) is 103 Å². The van der Waals surface area contributed by atoms with Crippen molar-refractivity contribution in [2.24, 2.45) is 7.05 Å². The SMILES string of the molecule is Cn1cnc(CNc2nc3sccn3c2[N+](=O)[O-])n1. The Morgan fingerprint density at radius 3 is 3.11 bits per heavy atom. The number of thiazole rings is 1. The summed E-state index contributed by atoms with van der Waals surface area (Å²) in [6.45, 7) is 0.284. The highest BCUT2D eigenvalue weighted by atomic mass is 32.1. The minimum atomic E-state index is -0.457. The third kappa shape index (κ3) is 2.01. The average molecular weight is 279 g/mol. The first-order valence-corrected chi connectivity index (χ1v) is 6.21. The van der Waals surface area contributed by atoms with Gasteiger partial charge in [0, 0.05) is 12.4 Å². The summed E-state index contributed by atoms with van der Waals surface area (Å²) in [5.41, 5.74) is 0. The van der Waals surface area contributed by atoms with Crippen molar-refractivity contribution in [1.29, 1.82) is 0 Å². The molecule has 3 aromatic heterocycles. The molecule has 0 saturated heterocycles. The molecular formula is C9H9N7O2S. The van der Waals surface area contributed by atoms with Gasteiger partial charge in [-0.05, 0) is 4.92 Å². The molecular weight excluding hydrogens is 270 g/mol. The highest BCUT2D eigenvalue weighted by Crippen LogP contribution is 2.28. The number of aryl methyl sites for hydroxylation is 1. The second-order valence-corrected chi connectivity index (χ2v) is 4.66. The lowest BCUT2D eigenvalue weighted by molar-refractivity contribution is -0.389. The fourth-order valence-electron chi connectivity index (χ4n) is 1.69. The van der Waals surface area contributed by atoms with Crippen molar-refractivity contribution >= 4 is 27.9 Å². The fourth-order valence-corrected chi connectivity index (χ4v) is 2.40. The Bertz CT molecular complexity index is 743. The Labute approximate surface area is 110 Å². The Kier molecular flexibility index (Phi) is 2.63. The quantitative estimate of drug-likeness (QED) is 0.565. The number of nitro groups is 1. The van der Waals surface area contributed by atoms with E-state index in [4.69, 9.17) is 0 Å². The van der Waals surface area contributed by atoms with E-state index in [1.165, 1.54) is 15.7 Å². The summed E-state index contributed by atoms with van der Waals surface area (Å²) in [7, 11) is 1.76. The summed E-state index contributed by atoms with van der Waals surface area (Å²) in [6.07, 6.45) is 3.19. The van der Waals surface area contributed by atoms with Crippen LogP contribution in [0, 0.1) is 10.1 Å². The van der Waals surface area contributed by atoms with E-state index < -0.39 is 4.92 Å². The van der Waals surface area contributed by atoms with Gasteiger partial charge in [0.15, 0.2) is 5.82 Å². The van der Waals surface area contributed by atoms with Gasteiger partial charge in [-0.1, -0.05) is 11.3 Å². The average Bonchev–Trinajstić information content (AvgIpc) is 3.00. The van der Waals surface area contributed by atoms with Gasteiger partial charge < -0.3 is 15.4 Å². The van der Waals surface area contributed by atoms with E-state index in [2.05, 4.69) is 20.4 Å². The molecule has 0 unspecified atom stereocenters. The molecule has 0 atom stereocenters. The van der Waals surface area contributed by atoms with Gasteiger partial charge in [0.2, 0.25) is 5.82 Å². The van der Waals surface area contributed by atoms with E-state index in [9.17, 15) is 10.1 Å². The fraction of sp³-hybridized carbons (Fsp3) is 0.222. The number of nitrogens with one attached hydrogen (secondary N) is 1. The number of nitrogens with zero attached hydrogens (tertiary/aromatic N) is 6. The number of fused-ring (bicyclic) bond motifs is 1. The summed E-state index contributed by atoms with van der Waals surface area (Å²) in [4.78, 5) is 19.4. The van der Waals surface area contributed by atoms with Crippen LogP contribution >= 0.6 is 11.3 Å². The normalized spacial score (nSPS) is 11.0. The van der Waals surface area contributed by atoms with Crippen LogP contribution in [-0.2, 0) is 13.6 Å². The lowest BCUT2D eigenvalue weighted by Gasteiger charge is -1.99. The molecule has 0 aromatic carbocycles. The largest absolute Gasteiger partial charge is 0.372 e. The Morgan fingerprint density at radius 2 is 2.42 bits per heavy atom. The van der Waals surface area contributed by atoms with Crippen LogP contribution in [0.15, 0.2) is 17.9 Å². The van der Waals surface area contributed by atoms with E-state index in [1.807, 2.05) is 0 Å². The molecule has 0 radical (unpaired) electrons. The van der Waals surface area contributed by atoms with Crippen molar-refractivity contribution < 1.29 is 4.92 Å². The van der Waals surface area contributed by atoms with E-state index in [1.54, 1.807) is 29.6 Å². The molecule has 0 aliphatic carbocycles. The van der Waals surface area contributed by atoms with Crippen molar-refractivity contribution in [2.45, 2.75) is 6.54 Å². The maximum atomic E-state index is 11.1. The third-order valence-corrected chi connectivity index (χ3v) is 3.23. The zero-order chi connectivity index (χ0) is 13.4. The van der Waals surface area contributed by atoms with Gasteiger partial charge in [0.25, 0.3) is 4.96 Å². The number of hydrogen-bond acceptors (Lipinski definition) is 7. The standard InChI is InChI=1S/C9H9N7O2S/c1-14-5-11-6(13-14)4-10-7-8(16(17)18)15-2-3-19-9(15)12-7/h2-3,5,10H,4H2,1H3. The second-order valence-electron chi connectivity index (χ2n) is 3.78. The molecule has 98 valence electrons. The zero-order valence-electron chi connectivity index (χ0n) is 9.85. The van der Waals surface area contributed by atoms with E-state index >= 15 is 0 Å². The van der Waals surface area contributed by atoms with Crippen LogP contribution in [0.1, 0.15) is 5.82 Å². The Hall–Kier alpha value is -2.49. The number of aromatic nitrogens is 5. The summed E-state index contributed by atoms with van der Waals surface area (Å²) in [5.74, 6) is 0.699. The summed E-state index contributed by atoms with van der Waals surface area (Å²) in [5, 5.41) is 19.8. The second kappa shape index (κ2) is 4.31. The van der Waals surface area contributed by atoms with Crippen molar-refractivity contribution in [1.82, 2.24) is 24.1 Å². The van der Waals surface area contributed by atoms with Crippen LogP contribution in [0.4, 0.5) is 11.6 Å². The number of anilines is 1. The molecule has 0 bridgehead atoms. The van der Waals surface area contributed by atoms with E-state index in [-0.39, 0.29) is 18.2 Å². The zero-order valence-corrected chi connectivity index (χ0v) is 10.7. The van der Waals surface area contributed by atoms with Crippen LogP contribution in [-0.4, -0.2) is 29.1 Å². The molecule has 0 aliphatic heterocycles. The van der Waals surface area contributed by atoms with Crippen molar-refractivity contribution in [3.63, 3.8) is 0 Å². The number of imidazole rings is 1. The summed E-state index contributed by atoms with van der Waals surface area (Å²) >= 11 is 1.34. The first-order valence-electron chi connectivity index (χ1n) is 5.33. The molecule has 3 aromatic rings. The molecule has 3 rings (SSSR count). The molecule has 10 heteroatoms. The van der Waals surface area contributed by atoms with Crippen molar-refractivity contribution in [3.05, 3.63) is 33.8 Å². The minimum Gasteiger partial charge on any atom is -0.358 e. The maximum Gasteiger partial charge on any atom is 0.372 e. The predicted octanol–water partition coefficient (Wildman–Crippen LogP) is 1.04. The van der Waals surface area contributed by atoms with E-state index in [0.717, 1.165) is 0 Å². The lowest BCUT2D eigenvalue weighted by atomic mass is 10.5. The van der Waals surface area contributed by atoms with Gasteiger partial charge in [0.05, 0.1) is 6.54 Å². The van der Waals surface area contributed by atoms with Crippen LogP contribution in [0.2, 0.25) is 0 Å². The van der Waals surface area contributed by atoms with Crippen molar-refractivity contribution in [3.8, 4) is 0 Å². The van der Waals surface area contributed by atoms with Crippen LogP contribution < -0.4 is 5.32 Å². The van der Waals surface area contributed by atoms with Gasteiger partial charge in [0.1, 0.15) is 12.5 Å². The highest BCUT2D eigenvalue weighted by molar-refractivity contribution is 7.15. The molecule has 0 aliphatic rings. The van der Waals surface area contributed by atoms with Gasteiger partial charge in [-0.2, -0.15) is 14.5 Å². The van der Waals surface area contributed by atoms with Gasteiger partial charge in [-0.25, -0.2) is 4.98 Å². The molecule has 0 amide bonds. The number of rotatable bonds is 4. The van der Waals surface area contributed by atoms with Gasteiger partial charge in [-0.15, -0.1) is 0 Å². The van der Waals surface area contributed by atoms with Crippen LogP contribution in [0.25, 0.3) is 4.96 Å². The van der Waals surface area contributed by atoms with Gasteiger partial charge >= 0.3 is 5.82 Å². The number of hydrogen-bond donors (Lipinski definition) is 1. The molecule has 19 heavy (non-hydrogen) atoms. The molecule has 0 saturated carbocycles. The molecule has 3 heterocycles. The molecule has 9 nitrogen and oxygen atoms in total. The maximum absolute atomic E-state index is 11.1. The smallest absolute Gasteiger partial charge is 0.358 e. The first kappa shape index (κ1) is 11.6. The molecule has 0 fully saturated rings. The molecule has 0 spiro atoms. The molecule has 1 N–H and O–H groups in total. The Balaban J connectivity index is 1.89. The first-order chi connectivity index (χ1) is 9.15.